The largest absolute Gasteiger partial charge is 0.455 e. The van der Waals surface area contributed by atoms with Crippen LogP contribution in [-0.2, 0) is 0 Å². The van der Waals surface area contributed by atoms with Crippen LogP contribution in [0.15, 0.2) is 256 Å². The molecule has 0 atom stereocenters. The van der Waals surface area contributed by atoms with Gasteiger partial charge < -0.3 is 23.1 Å². The van der Waals surface area contributed by atoms with E-state index in [-0.39, 0.29) is 0 Å². The van der Waals surface area contributed by atoms with Crippen LogP contribution in [0.3, 0.4) is 0 Å². The van der Waals surface area contributed by atoms with E-state index >= 15 is 0 Å². The first-order valence-corrected chi connectivity index (χ1v) is 30.8. The molecule has 3 aromatic heterocycles. The Morgan fingerprint density at radius 1 is 0.235 bits per heavy atom. The highest BCUT2D eigenvalue weighted by atomic mass is 16.3. The first-order valence-electron chi connectivity index (χ1n) is 30.8. The minimum atomic E-state index is 0.483. The number of furan rings is 3. The number of para-hydroxylation sites is 4. The minimum absolute atomic E-state index is 0.483. The van der Waals surface area contributed by atoms with E-state index in [1.54, 1.807) is 0 Å². The van der Waals surface area contributed by atoms with Gasteiger partial charge in [-0.25, -0.2) is 0 Å². The summed E-state index contributed by atoms with van der Waals surface area (Å²) in [5.74, 6) is 0.965. The highest BCUT2D eigenvalue weighted by molar-refractivity contribution is 6.26. The van der Waals surface area contributed by atoms with Crippen LogP contribution in [-0.4, -0.2) is 0 Å². The monoisotopic (exact) mass is 1100 g/mol. The van der Waals surface area contributed by atoms with Crippen LogP contribution in [0.5, 0.6) is 0 Å². The lowest BCUT2D eigenvalue weighted by Gasteiger charge is -2.28. The van der Waals surface area contributed by atoms with Gasteiger partial charge in [0.15, 0.2) is 11.2 Å². The number of rotatable bonds is 10. The summed E-state index contributed by atoms with van der Waals surface area (Å²) < 4.78 is 22.2. The Morgan fingerprint density at radius 3 is 1.00 bits per heavy atom. The van der Waals surface area contributed by atoms with Crippen LogP contribution < -0.4 is 9.80 Å². The molecule has 0 bridgehead atoms. The highest BCUT2D eigenvalue weighted by Crippen LogP contribution is 2.53. The smallest absolute Gasteiger partial charge is 0.159 e. The molecule has 0 spiro atoms. The van der Waals surface area contributed by atoms with Crippen molar-refractivity contribution >= 4 is 121 Å². The SMILES string of the molecule is c1ccc(-c2cccc(N(c3cc4c5cc(N(c6cccc(-c7ccccc7)c6)c6cccc7c6oc6c(C8CCCCC8)cccc67)c6ccccc6c5oc4c4ccccc34)c3cccc4c3oc3c(C5CCCCC5)cccc34)c2)cc1. The van der Waals surface area contributed by atoms with Crippen molar-refractivity contribution < 1.29 is 13.3 Å². The van der Waals surface area contributed by atoms with Crippen LogP contribution in [0.1, 0.15) is 87.2 Å². The van der Waals surface area contributed by atoms with Crippen molar-refractivity contribution in [2.45, 2.75) is 76.0 Å². The van der Waals surface area contributed by atoms with Gasteiger partial charge in [-0.3, -0.25) is 0 Å². The Labute approximate surface area is 493 Å². The molecule has 3 heterocycles. The van der Waals surface area contributed by atoms with E-state index < -0.39 is 0 Å². The molecule has 85 heavy (non-hydrogen) atoms. The molecule has 2 aliphatic rings. The molecule has 5 heteroatoms. The molecule has 17 rings (SSSR count). The average Bonchev–Trinajstić information content (AvgIpc) is 2.39. The fraction of sp³-hybridized carbons (Fsp3) is 0.150. The van der Waals surface area contributed by atoms with Gasteiger partial charge in [0.25, 0.3) is 0 Å². The van der Waals surface area contributed by atoms with Gasteiger partial charge in [-0.05, 0) is 119 Å². The van der Waals surface area contributed by atoms with Crippen LogP contribution >= 0.6 is 0 Å². The van der Waals surface area contributed by atoms with Crippen LogP contribution in [0.2, 0.25) is 0 Å². The van der Waals surface area contributed by atoms with Crippen molar-refractivity contribution in [3.63, 3.8) is 0 Å². The van der Waals surface area contributed by atoms with Gasteiger partial charge in [0.05, 0.1) is 22.7 Å². The molecule has 0 saturated heterocycles. The third-order valence-electron chi connectivity index (χ3n) is 19.0. The van der Waals surface area contributed by atoms with Gasteiger partial charge in [0, 0.05) is 65.2 Å². The molecule has 0 unspecified atom stereocenters. The lowest BCUT2D eigenvalue weighted by Crippen LogP contribution is -2.11. The van der Waals surface area contributed by atoms with Gasteiger partial charge in [-0.15, -0.1) is 0 Å². The topological polar surface area (TPSA) is 45.9 Å². The van der Waals surface area contributed by atoms with Crippen molar-refractivity contribution in [2.75, 3.05) is 9.80 Å². The standard InChI is InChI=1S/C80H62N2O3/c1-5-23-51(24-6-1)55-31-17-33-57(47-55)81(71-45-21-43-67-65-41-19-39-59(75(65)84-79(67)71)53-27-9-3-10-28-53)73-49-69-70-50-74(62-36-14-16-38-64(62)78(70)83-77(69)63-37-15-13-35-61(63)73)82(58-34-18-32-56(48-58)52-25-7-2-8-26-52)72-46-22-44-68-66-42-20-40-60(76(66)85-80(68)72)54-29-11-4-12-30-54/h1-2,5-8,13-26,31-50,53-54H,3-4,9-12,27-30H2. The summed E-state index contributed by atoms with van der Waals surface area (Å²) >= 11 is 0. The molecule has 2 fully saturated rings. The molecule has 0 amide bonds. The fourth-order valence-corrected chi connectivity index (χ4v) is 15.0. The Hall–Kier alpha value is -9.84. The molecule has 0 radical (unpaired) electrons. The Bertz CT molecular complexity index is 4740. The molecular formula is C80H62N2O3. The van der Waals surface area contributed by atoms with Crippen molar-refractivity contribution in [3.05, 3.63) is 254 Å². The maximum Gasteiger partial charge on any atom is 0.159 e. The van der Waals surface area contributed by atoms with Gasteiger partial charge in [-0.1, -0.05) is 233 Å². The van der Waals surface area contributed by atoms with E-state index in [1.807, 2.05) is 0 Å². The first kappa shape index (κ1) is 49.7. The molecule has 410 valence electrons. The number of anilines is 6. The maximum absolute atomic E-state index is 7.41. The predicted octanol–water partition coefficient (Wildman–Crippen LogP) is 24.1. The zero-order chi connectivity index (χ0) is 56.0. The molecule has 5 nitrogen and oxygen atoms in total. The summed E-state index contributed by atoms with van der Waals surface area (Å²) in [5.41, 5.74) is 18.8. The summed E-state index contributed by atoms with van der Waals surface area (Å²) in [4.78, 5) is 4.90. The fourth-order valence-electron chi connectivity index (χ4n) is 15.0. The van der Waals surface area contributed by atoms with E-state index in [0.29, 0.717) is 11.8 Å². The Morgan fingerprint density at radius 2 is 0.565 bits per heavy atom. The quantitative estimate of drug-likeness (QED) is 0.137. The van der Waals surface area contributed by atoms with Crippen molar-refractivity contribution in [3.8, 4) is 22.3 Å². The normalized spacial score (nSPS) is 14.5. The van der Waals surface area contributed by atoms with Crippen molar-refractivity contribution in [1.29, 1.82) is 0 Å². The van der Waals surface area contributed by atoms with Gasteiger partial charge in [0.1, 0.15) is 22.3 Å². The Kier molecular flexibility index (Phi) is 12.0. The number of benzene rings is 12. The number of hydrogen-bond acceptors (Lipinski definition) is 5. The second kappa shape index (κ2) is 20.5. The lowest BCUT2D eigenvalue weighted by atomic mass is 9.83. The predicted molar refractivity (Wildman–Crippen MR) is 355 cm³/mol. The summed E-state index contributed by atoms with van der Waals surface area (Å²) in [6.07, 6.45) is 12.4. The number of hydrogen-bond donors (Lipinski definition) is 0. The summed E-state index contributed by atoms with van der Waals surface area (Å²) in [6, 6.07) is 88.8. The molecule has 0 aliphatic heterocycles. The second-order valence-electron chi connectivity index (χ2n) is 23.9. The van der Waals surface area contributed by atoms with Crippen molar-refractivity contribution in [1.82, 2.24) is 0 Å². The molecule has 15 aromatic rings. The average molecular weight is 1100 g/mol. The minimum Gasteiger partial charge on any atom is -0.455 e. The van der Waals surface area contributed by atoms with E-state index in [4.69, 9.17) is 13.3 Å². The zero-order valence-electron chi connectivity index (χ0n) is 47.4. The van der Waals surface area contributed by atoms with E-state index in [0.717, 1.165) is 133 Å². The summed E-state index contributed by atoms with van der Waals surface area (Å²) in [6.45, 7) is 0. The summed E-state index contributed by atoms with van der Waals surface area (Å²) in [7, 11) is 0. The number of fused-ring (bicyclic) bond motifs is 13. The van der Waals surface area contributed by atoms with Gasteiger partial charge in [-0.2, -0.15) is 0 Å². The second-order valence-corrected chi connectivity index (χ2v) is 23.9. The number of nitrogens with zero attached hydrogens (tertiary/aromatic N) is 2. The molecule has 2 saturated carbocycles. The van der Waals surface area contributed by atoms with E-state index in [2.05, 4.69) is 252 Å². The van der Waals surface area contributed by atoms with Crippen LogP contribution in [0, 0.1) is 0 Å². The van der Waals surface area contributed by atoms with Crippen LogP contribution in [0.25, 0.3) is 110 Å². The van der Waals surface area contributed by atoms with E-state index in [9.17, 15) is 0 Å². The lowest BCUT2D eigenvalue weighted by molar-refractivity contribution is 0.442. The first-order chi connectivity index (χ1) is 42.2. The molecule has 0 N–H and O–H groups in total. The Balaban J connectivity index is 0.939. The third-order valence-corrected chi connectivity index (χ3v) is 19.0. The molecule has 2 aliphatic carbocycles. The van der Waals surface area contributed by atoms with E-state index in [1.165, 1.54) is 86.1 Å². The van der Waals surface area contributed by atoms with Crippen molar-refractivity contribution in [2.24, 2.45) is 0 Å². The third kappa shape index (κ3) is 8.26. The van der Waals surface area contributed by atoms with Gasteiger partial charge in [0.2, 0.25) is 0 Å². The summed E-state index contributed by atoms with van der Waals surface area (Å²) in [5, 5.41) is 10.8. The van der Waals surface area contributed by atoms with Crippen LogP contribution in [0.4, 0.5) is 34.1 Å². The van der Waals surface area contributed by atoms with Gasteiger partial charge >= 0.3 is 0 Å². The zero-order valence-corrected chi connectivity index (χ0v) is 47.4. The molecular weight excluding hydrogens is 1040 g/mol. The maximum atomic E-state index is 7.41. The highest BCUT2D eigenvalue weighted by Gasteiger charge is 2.30. The molecule has 12 aromatic carbocycles.